The van der Waals surface area contributed by atoms with E-state index in [4.69, 9.17) is 28.3 Å². The van der Waals surface area contributed by atoms with Gasteiger partial charge in [-0.15, -0.1) is 0 Å². The molecule has 0 fully saturated rings. The zero-order chi connectivity index (χ0) is 10.4. The van der Waals surface area contributed by atoms with E-state index in [0.717, 1.165) is 5.56 Å². The topological polar surface area (TPSA) is 20.2 Å². The van der Waals surface area contributed by atoms with E-state index in [2.05, 4.69) is 0 Å². The first kappa shape index (κ1) is 12.8. The maximum atomic E-state index is 9.16. The van der Waals surface area contributed by atoms with Crippen LogP contribution in [0.15, 0.2) is 18.2 Å². The fourth-order valence-corrected chi connectivity index (χ4v) is 1.36. The highest BCUT2D eigenvalue weighted by molar-refractivity contribution is 6.34. The molecule has 0 amide bonds. The molecule has 1 aromatic carbocycles. The first-order chi connectivity index (χ1) is 6.09. The van der Waals surface area contributed by atoms with E-state index in [9.17, 15) is 0 Å². The Bertz CT molecular complexity index is 239. The average Bonchev–Trinajstić information content (AvgIpc) is 2.06. The van der Waals surface area contributed by atoms with E-state index in [1.807, 2.05) is 13.8 Å². The summed E-state index contributed by atoms with van der Waals surface area (Å²) in [5.41, 5.74) is 0.738. The van der Waals surface area contributed by atoms with E-state index in [1.54, 1.807) is 25.1 Å². The molecule has 0 aromatic heterocycles. The fraction of sp³-hybridized carbons (Fsp3) is 0.400. The highest BCUT2D eigenvalue weighted by atomic mass is 35.5. The Kier molecular flexibility index (Phi) is 6.13. The molecule has 13 heavy (non-hydrogen) atoms. The number of aliphatic hydroxyl groups excluding tert-OH is 1. The minimum atomic E-state index is -0.522. The van der Waals surface area contributed by atoms with Crippen LogP contribution in [-0.2, 0) is 0 Å². The second kappa shape index (κ2) is 6.25. The summed E-state index contributed by atoms with van der Waals surface area (Å²) < 4.78 is 0. The molecule has 0 saturated heterocycles. The number of hydrogen-bond donors (Lipinski definition) is 1. The number of benzene rings is 1. The Labute approximate surface area is 89.3 Å². The van der Waals surface area contributed by atoms with Crippen molar-refractivity contribution in [1.82, 2.24) is 0 Å². The smallest absolute Gasteiger partial charge is 0.0762 e. The predicted molar refractivity (Wildman–Crippen MR) is 58.4 cm³/mol. The maximum absolute atomic E-state index is 9.16. The molecule has 1 aromatic rings. The van der Waals surface area contributed by atoms with Crippen LogP contribution < -0.4 is 0 Å². The van der Waals surface area contributed by atoms with Crippen molar-refractivity contribution in [3.63, 3.8) is 0 Å². The van der Waals surface area contributed by atoms with Crippen LogP contribution in [0, 0.1) is 0 Å². The molecule has 0 bridgehead atoms. The SMILES string of the molecule is CC.CC(O)c1cc(Cl)cc(Cl)c1. The number of hydrogen-bond acceptors (Lipinski definition) is 1. The van der Waals surface area contributed by atoms with Crippen molar-refractivity contribution < 1.29 is 5.11 Å². The average molecular weight is 221 g/mol. The molecule has 0 aliphatic heterocycles. The van der Waals surface area contributed by atoms with Crippen molar-refractivity contribution in [2.75, 3.05) is 0 Å². The molecule has 0 spiro atoms. The van der Waals surface area contributed by atoms with Crippen molar-refractivity contribution in [3.05, 3.63) is 33.8 Å². The van der Waals surface area contributed by atoms with Crippen molar-refractivity contribution in [3.8, 4) is 0 Å². The van der Waals surface area contributed by atoms with E-state index in [1.165, 1.54) is 0 Å². The standard InChI is InChI=1S/C8H8Cl2O.C2H6/c1-5(11)6-2-7(9)4-8(10)3-6;1-2/h2-5,11H,1H3;1-2H3. The molecule has 1 atom stereocenters. The van der Waals surface area contributed by atoms with Gasteiger partial charge in [0, 0.05) is 10.0 Å². The third-order valence-electron chi connectivity index (χ3n) is 1.37. The minimum absolute atomic E-state index is 0.522. The molecule has 3 heteroatoms. The summed E-state index contributed by atoms with van der Waals surface area (Å²) in [6.45, 7) is 5.67. The van der Waals surface area contributed by atoms with Gasteiger partial charge in [-0.05, 0) is 30.7 Å². The van der Waals surface area contributed by atoms with Crippen LogP contribution >= 0.6 is 23.2 Å². The predicted octanol–water partition coefficient (Wildman–Crippen LogP) is 4.07. The van der Waals surface area contributed by atoms with Crippen molar-refractivity contribution in [1.29, 1.82) is 0 Å². The lowest BCUT2D eigenvalue weighted by Crippen LogP contribution is -1.89. The van der Waals surface area contributed by atoms with Crippen molar-refractivity contribution >= 4 is 23.2 Å². The van der Waals surface area contributed by atoms with Gasteiger partial charge in [0.05, 0.1) is 6.10 Å². The fourth-order valence-electron chi connectivity index (χ4n) is 0.816. The summed E-state index contributed by atoms with van der Waals surface area (Å²) in [6, 6.07) is 5.02. The van der Waals surface area contributed by atoms with Crippen LogP contribution in [0.5, 0.6) is 0 Å². The molecule has 0 aliphatic carbocycles. The highest BCUT2D eigenvalue weighted by Gasteiger charge is 2.02. The van der Waals surface area contributed by atoms with Gasteiger partial charge in [-0.25, -0.2) is 0 Å². The van der Waals surface area contributed by atoms with Gasteiger partial charge in [0.1, 0.15) is 0 Å². The molecule has 1 N–H and O–H groups in total. The zero-order valence-corrected chi connectivity index (χ0v) is 9.52. The maximum Gasteiger partial charge on any atom is 0.0762 e. The largest absolute Gasteiger partial charge is 0.389 e. The second-order valence-electron chi connectivity index (χ2n) is 2.38. The van der Waals surface area contributed by atoms with Crippen molar-refractivity contribution in [2.24, 2.45) is 0 Å². The zero-order valence-electron chi connectivity index (χ0n) is 8.01. The summed E-state index contributed by atoms with van der Waals surface area (Å²) in [6.07, 6.45) is -0.522. The number of halogens is 2. The van der Waals surface area contributed by atoms with Crippen molar-refractivity contribution in [2.45, 2.75) is 26.9 Å². The Hall–Kier alpha value is -0.240. The van der Waals surface area contributed by atoms with E-state index < -0.39 is 6.10 Å². The summed E-state index contributed by atoms with van der Waals surface area (Å²) in [5.74, 6) is 0. The lowest BCUT2D eigenvalue weighted by molar-refractivity contribution is 0.199. The molecule has 0 saturated carbocycles. The Morgan fingerprint density at radius 2 is 1.46 bits per heavy atom. The monoisotopic (exact) mass is 220 g/mol. The van der Waals surface area contributed by atoms with Gasteiger partial charge < -0.3 is 5.11 Å². The molecule has 1 nitrogen and oxygen atoms in total. The van der Waals surface area contributed by atoms with Gasteiger partial charge in [-0.3, -0.25) is 0 Å². The van der Waals surface area contributed by atoms with Gasteiger partial charge in [0.2, 0.25) is 0 Å². The van der Waals surface area contributed by atoms with Crippen LogP contribution in [0.4, 0.5) is 0 Å². The summed E-state index contributed by atoms with van der Waals surface area (Å²) in [5, 5.41) is 10.3. The molecule has 1 rings (SSSR count). The van der Waals surface area contributed by atoms with Gasteiger partial charge in [0.15, 0.2) is 0 Å². The normalized spacial score (nSPS) is 11.5. The third-order valence-corrected chi connectivity index (χ3v) is 1.80. The van der Waals surface area contributed by atoms with E-state index in [0.29, 0.717) is 10.0 Å². The molecular weight excluding hydrogens is 207 g/mol. The first-order valence-corrected chi connectivity index (χ1v) is 4.99. The summed E-state index contributed by atoms with van der Waals surface area (Å²) in [4.78, 5) is 0. The van der Waals surface area contributed by atoms with Gasteiger partial charge in [-0.2, -0.15) is 0 Å². The van der Waals surface area contributed by atoms with Gasteiger partial charge in [0.25, 0.3) is 0 Å². The molecular formula is C10H14Cl2O. The number of aliphatic hydroxyl groups is 1. The summed E-state index contributed by atoms with van der Waals surface area (Å²) in [7, 11) is 0. The molecule has 0 aliphatic rings. The van der Waals surface area contributed by atoms with Crippen LogP contribution in [-0.4, -0.2) is 5.11 Å². The first-order valence-electron chi connectivity index (χ1n) is 4.23. The summed E-state index contributed by atoms with van der Waals surface area (Å²) >= 11 is 11.4. The Morgan fingerprint density at radius 3 is 1.77 bits per heavy atom. The molecule has 74 valence electrons. The second-order valence-corrected chi connectivity index (χ2v) is 3.25. The van der Waals surface area contributed by atoms with Crippen LogP contribution in [0.25, 0.3) is 0 Å². The lowest BCUT2D eigenvalue weighted by Gasteiger charge is -2.04. The molecule has 1 unspecified atom stereocenters. The quantitative estimate of drug-likeness (QED) is 0.757. The highest BCUT2D eigenvalue weighted by Crippen LogP contribution is 2.22. The number of rotatable bonds is 1. The lowest BCUT2D eigenvalue weighted by atomic mass is 10.1. The van der Waals surface area contributed by atoms with E-state index >= 15 is 0 Å². The Balaban J connectivity index is 0.000000671. The molecule has 0 radical (unpaired) electrons. The van der Waals surface area contributed by atoms with Gasteiger partial charge in [-0.1, -0.05) is 37.0 Å². The van der Waals surface area contributed by atoms with Crippen LogP contribution in [0.2, 0.25) is 10.0 Å². The third kappa shape index (κ3) is 4.51. The van der Waals surface area contributed by atoms with E-state index in [-0.39, 0.29) is 0 Å². The van der Waals surface area contributed by atoms with Gasteiger partial charge >= 0.3 is 0 Å². The minimum Gasteiger partial charge on any atom is -0.389 e. The van der Waals surface area contributed by atoms with Crippen LogP contribution in [0.3, 0.4) is 0 Å². The Morgan fingerprint density at radius 1 is 1.08 bits per heavy atom. The molecule has 0 heterocycles. The van der Waals surface area contributed by atoms with Crippen LogP contribution in [0.1, 0.15) is 32.4 Å².